The molecule has 0 unspecified atom stereocenters. The number of hydrogen-bond acceptors (Lipinski definition) is 7. The number of anilines is 1. The summed E-state index contributed by atoms with van der Waals surface area (Å²) < 4.78 is 5.80. The molecule has 22 heavy (non-hydrogen) atoms. The van der Waals surface area contributed by atoms with Crippen molar-refractivity contribution in [1.29, 1.82) is 0 Å². The van der Waals surface area contributed by atoms with Crippen molar-refractivity contribution in [3.05, 3.63) is 39.5 Å². The van der Waals surface area contributed by atoms with Gasteiger partial charge in [0.05, 0.1) is 28.2 Å². The summed E-state index contributed by atoms with van der Waals surface area (Å²) >= 11 is 1.21. The monoisotopic (exact) mass is 316 g/mol. The Morgan fingerprint density at radius 3 is 2.86 bits per heavy atom. The fraction of sp³-hybridized carbons (Fsp3) is 0.267. The molecule has 0 radical (unpaired) electrons. The largest absolute Gasteiger partial charge is 0.492 e. The molecule has 6 nitrogen and oxygen atoms in total. The number of rotatable bonds is 3. The third kappa shape index (κ3) is 2.94. The standard InChI is InChI=1S/C15H16N4O2S/c1-8(2)21-11-5-6-17-10-4-3-9(18-13(10)11)7-12-14(20)19-15(16)22-12/h3-5,7-8,20H,6H2,1-2H3,(H2,16,19). The number of aromatic nitrogens is 2. The van der Waals surface area contributed by atoms with Crippen LogP contribution in [0.1, 0.15) is 24.4 Å². The minimum absolute atomic E-state index is 0.0666. The van der Waals surface area contributed by atoms with Gasteiger partial charge < -0.3 is 15.6 Å². The van der Waals surface area contributed by atoms with Crippen LogP contribution >= 0.6 is 11.3 Å². The van der Waals surface area contributed by atoms with E-state index in [1.165, 1.54) is 11.3 Å². The number of ether oxygens (including phenoxy) is 1. The first-order chi connectivity index (χ1) is 10.5. The molecule has 1 aliphatic rings. The third-order valence-electron chi connectivity index (χ3n) is 2.96. The van der Waals surface area contributed by atoms with E-state index in [1.54, 1.807) is 6.08 Å². The summed E-state index contributed by atoms with van der Waals surface area (Å²) in [4.78, 5) is 13.4. The van der Waals surface area contributed by atoms with Gasteiger partial charge in [-0.15, -0.1) is 0 Å². The van der Waals surface area contributed by atoms with Gasteiger partial charge in [-0.3, -0.25) is 4.99 Å². The molecule has 3 rings (SSSR count). The fourth-order valence-electron chi connectivity index (χ4n) is 2.11. The van der Waals surface area contributed by atoms with Crippen LogP contribution in [0.25, 0.3) is 11.8 Å². The first kappa shape index (κ1) is 14.5. The number of nitrogens with zero attached hydrogens (tertiary/aromatic N) is 3. The number of hydrogen-bond donors (Lipinski definition) is 2. The molecule has 0 atom stereocenters. The molecule has 1 aliphatic heterocycles. The Bertz CT molecular complexity index is 855. The highest BCUT2D eigenvalue weighted by Gasteiger charge is 2.13. The molecule has 7 heteroatoms. The average molecular weight is 316 g/mol. The molecular weight excluding hydrogens is 300 g/mol. The smallest absolute Gasteiger partial charge is 0.231 e. The molecule has 114 valence electrons. The molecule has 0 aliphatic carbocycles. The van der Waals surface area contributed by atoms with Crippen molar-refractivity contribution < 1.29 is 9.84 Å². The molecule has 0 spiro atoms. The Labute approximate surface area is 131 Å². The summed E-state index contributed by atoms with van der Waals surface area (Å²) in [6.07, 6.45) is 3.73. The van der Waals surface area contributed by atoms with Crippen LogP contribution in [0.15, 0.2) is 23.2 Å². The first-order valence-corrected chi connectivity index (χ1v) is 7.70. The molecule has 0 aromatic carbocycles. The van der Waals surface area contributed by atoms with Crippen LogP contribution in [-0.4, -0.2) is 27.7 Å². The topological polar surface area (TPSA) is 93.6 Å². The molecule has 3 heterocycles. The zero-order chi connectivity index (χ0) is 15.7. The summed E-state index contributed by atoms with van der Waals surface area (Å²) in [7, 11) is 0. The van der Waals surface area contributed by atoms with Gasteiger partial charge in [-0.05, 0) is 38.1 Å². The lowest BCUT2D eigenvalue weighted by molar-refractivity contribution is 0.202. The Hall–Kier alpha value is -2.41. The quantitative estimate of drug-likeness (QED) is 0.883. The Kier molecular flexibility index (Phi) is 3.81. The van der Waals surface area contributed by atoms with Crippen molar-refractivity contribution in [1.82, 2.24) is 9.97 Å². The van der Waals surface area contributed by atoms with Crippen LogP contribution in [0.3, 0.4) is 0 Å². The Balaban J connectivity index is 2.07. The maximum Gasteiger partial charge on any atom is 0.231 e. The second-order valence-corrected chi connectivity index (χ2v) is 6.13. The summed E-state index contributed by atoms with van der Waals surface area (Å²) in [6, 6.07) is 3.74. The SMILES string of the molecule is CC(C)OC1=CCN=c2ccc(=Cc3sc(N)nc3O)nc21. The molecule has 2 aromatic rings. The predicted molar refractivity (Wildman–Crippen MR) is 85.8 cm³/mol. The molecule has 0 amide bonds. The number of thiazole rings is 1. The molecule has 0 fully saturated rings. The molecule has 2 aromatic heterocycles. The van der Waals surface area contributed by atoms with Gasteiger partial charge in [-0.2, -0.15) is 4.98 Å². The zero-order valence-electron chi connectivity index (χ0n) is 12.3. The number of nitrogens with two attached hydrogens (primary N) is 1. The lowest BCUT2D eigenvalue weighted by atomic mass is 10.2. The Morgan fingerprint density at radius 1 is 1.36 bits per heavy atom. The highest BCUT2D eigenvalue weighted by Crippen LogP contribution is 2.25. The van der Waals surface area contributed by atoms with Crippen molar-refractivity contribution in [3.8, 4) is 5.88 Å². The van der Waals surface area contributed by atoms with Gasteiger partial charge in [0.2, 0.25) is 5.88 Å². The van der Waals surface area contributed by atoms with Crippen molar-refractivity contribution in [2.75, 3.05) is 12.3 Å². The van der Waals surface area contributed by atoms with Crippen molar-refractivity contribution in [2.24, 2.45) is 4.99 Å². The van der Waals surface area contributed by atoms with Gasteiger partial charge in [-0.1, -0.05) is 11.3 Å². The number of nitrogen functional groups attached to an aromatic ring is 1. The van der Waals surface area contributed by atoms with Gasteiger partial charge in [0, 0.05) is 0 Å². The number of aromatic hydroxyl groups is 1. The second-order valence-electron chi connectivity index (χ2n) is 5.06. The van der Waals surface area contributed by atoms with E-state index >= 15 is 0 Å². The van der Waals surface area contributed by atoms with Gasteiger partial charge in [0.25, 0.3) is 0 Å². The predicted octanol–water partition coefficient (Wildman–Crippen LogP) is 1.05. The molecule has 3 N–H and O–H groups in total. The van der Waals surface area contributed by atoms with Crippen LogP contribution in [0.5, 0.6) is 5.88 Å². The van der Waals surface area contributed by atoms with E-state index in [9.17, 15) is 5.11 Å². The minimum atomic E-state index is -0.0825. The van der Waals surface area contributed by atoms with E-state index in [1.807, 2.05) is 32.1 Å². The van der Waals surface area contributed by atoms with E-state index in [-0.39, 0.29) is 12.0 Å². The van der Waals surface area contributed by atoms with Crippen molar-refractivity contribution >= 4 is 28.3 Å². The van der Waals surface area contributed by atoms with Crippen LogP contribution in [0, 0.1) is 0 Å². The van der Waals surface area contributed by atoms with E-state index in [0.717, 1.165) is 11.1 Å². The molecule has 0 bridgehead atoms. The van der Waals surface area contributed by atoms with Gasteiger partial charge in [0.1, 0.15) is 11.5 Å². The number of fused-ring (bicyclic) bond motifs is 1. The number of pyridine rings is 1. The Morgan fingerprint density at radius 2 is 2.18 bits per heavy atom. The lowest BCUT2D eigenvalue weighted by Gasteiger charge is -2.15. The van der Waals surface area contributed by atoms with Gasteiger partial charge >= 0.3 is 0 Å². The van der Waals surface area contributed by atoms with E-state index < -0.39 is 0 Å². The molecular formula is C15H16N4O2S. The minimum Gasteiger partial charge on any atom is -0.492 e. The summed E-state index contributed by atoms with van der Waals surface area (Å²) in [5.74, 6) is 0.657. The first-order valence-electron chi connectivity index (χ1n) is 6.88. The van der Waals surface area contributed by atoms with E-state index in [0.29, 0.717) is 27.6 Å². The highest BCUT2D eigenvalue weighted by molar-refractivity contribution is 7.16. The highest BCUT2D eigenvalue weighted by atomic mass is 32.1. The summed E-state index contributed by atoms with van der Waals surface area (Å²) in [6.45, 7) is 4.53. The maximum atomic E-state index is 9.71. The van der Waals surface area contributed by atoms with Gasteiger partial charge in [-0.25, -0.2) is 4.98 Å². The zero-order valence-corrected chi connectivity index (χ0v) is 13.1. The molecule has 0 saturated carbocycles. The second kappa shape index (κ2) is 5.76. The average Bonchev–Trinajstić information content (AvgIpc) is 2.77. The van der Waals surface area contributed by atoms with Crippen molar-refractivity contribution in [3.63, 3.8) is 0 Å². The van der Waals surface area contributed by atoms with Crippen LogP contribution in [0.4, 0.5) is 5.13 Å². The fourth-order valence-corrected chi connectivity index (χ4v) is 2.78. The third-order valence-corrected chi connectivity index (χ3v) is 3.78. The van der Waals surface area contributed by atoms with Gasteiger partial charge in [0.15, 0.2) is 5.13 Å². The van der Waals surface area contributed by atoms with E-state index in [2.05, 4.69) is 15.0 Å². The van der Waals surface area contributed by atoms with Crippen LogP contribution < -0.4 is 16.4 Å². The van der Waals surface area contributed by atoms with Crippen LogP contribution in [0.2, 0.25) is 0 Å². The van der Waals surface area contributed by atoms with Crippen molar-refractivity contribution in [2.45, 2.75) is 20.0 Å². The summed E-state index contributed by atoms with van der Waals surface area (Å²) in [5.41, 5.74) is 6.30. The molecule has 0 saturated heterocycles. The summed E-state index contributed by atoms with van der Waals surface area (Å²) in [5, 5.41) is 11.5. The van der Waals surface area contributed by atoms with E-state index in [4.69, 9.17) is 10.5 Å². The van der Waals surface area contributed by atoms with Crippen LogP contribution in [-0.2, 0) is 4.74 Å². The lowest BCUT2D eigenvalue weighted by Crippen LogP contribution is -2.24. The normalized spacial score (nSPS) is 14.5. The maximum absolute atomic E-state index is 9.71.